The van der Waals surface area contributed by atoms with Gasteiger partial charge in [-0.1, -0.05) is 30.3 Å². The van der Waals surface area contributed by atoms with Gasteiger partial charge in [0.2, 0.25) is 0 Å². The van der Waals surface area contributed by atoms with E-state index >= 15 is 0 Å². The molecule has 0 aliphatic carbocycles. The summed E-state index contributed by atoms with van der Waals surface area (Å²) in [6.07, 6.45) is 0. The van der Waals surface area contributed by atoms with E-state index in [9.17, 15) is 9.18 Å². The van der Waals surface area contributed by atoms with Gasteiger partial charge in [0, 0.05) is 10.9 Å². The van der Waals surface area contributed by atoms with Gasteiger partial charge in [-0.25, -0.2) is 4.39 Å². The van der Waals surface area contributed by atoms with Crippen LogP contribution in [0.2, 0.25) is 0 Å². The van der Waals surface area contributed by atoms with Crippen LogP contribution in [-0.4, -0.2) is 16.5 Å². The Morgan fingerprint density at radius 1 is 1.10 bits per heavy atom. The summed E-state index contributed by atoms with van der Waals surface area (Å²) in [6.45, 7) is 0. The van der Waals surface area contributed by atoms with E-state index in [1.54, 1.807) is 12.1 Å². The number of hydrogen-bond donors (Lipinski definition) is 1. The maximum atomic E-state index is 13.5. The third kappa shape index (κ3) is 2.60. The van der Waals surface area contributed by atoms with E-state index < -0.39 is 5.82 Å². The van der Waals surface area contributed by atoms with Crippen molar-refractivity contribution in [2.45, 2.75) is 5.03 Å². The van der Waals surface area contributed by atoms with Gasteiger partial charge < -0.3 is 4.98 Å². The van der Waals surface area contributed by atoms with Crippen LogP contribution in [-0.2, 0) is 0 Å². The number of nitrogens with one attached hydrogen (secondary N) is 1. The van der Waals surface area contributed by atoms with Crippen LogP contribution in [0, 0.1) is 5.82 Å². The van der Waals surface area contributed by atoms with Crippen LogP contribution in [0.15, 0.2) is 59.6 Å². The molecule has 0 spiro atoms. The molecule has 100 valence electrons. The summed E-state index contributed by atoms with van der Waals surface area (Å²) in [5, 5.41) is 2.02. The molecule has 0 saturated carbocycles. The minimum atomic E-state index is -0.463. The number of benzene rings is 2. The quantitative estimate of drug-likeness (QED) is 0.573. The molecule has 0 amide bonds. The first-order chi connectivity index (χ1) is 9.74. The number of aromatic amines is 1. The summed E-state index contributed by atoms with van der Waals surface area (Å²) >= 11 is 1.39. The molecule has 2 nitrogen and oxygen atoms in total. The normalized spacial score (nSPS) is 10.8. The molecule has 3 aromatic rings. The molecule has 0 aliphatic rings. The lowest BCUT2D eigenvalue weighted by Gasteiger charge is -2.01. The van der Waals surface area contributed by atoms with Crippen molar-refractivity contribution in [3.8, 4) is 0 Å². The second-order valence-electron chi connectivity index (χ2n) is 4.41. The molecule has 0 saturated heterocycles. The Morgan fingerprint density at radius 2 is 1.85 bits per heavy atom. The number of ketones is 1. The number of aromatic nitrogens is 1. The SMILES string of the molecule is O=C(CSc1cc2ccccc2[nH]1)c1ccccc1F. The van der Waals surface area contributed by atoms with Crippen molar-refractivity contribution < 1.29 is 9.18 Å². The molecule has 0 fully saturated rings. The standard InChI is InChI=1S/C16H12FNOS/c17-13-7-3-2-6-12(13)15(19)10-20-16-9-11-5-1-4-8-14(11)18-16/h1-9,18H,10H2. The molecule has 2 aromatic carbocycles. The van der Waals surface area contributed by atoms with Crippen LogP contribution in [0.5, 0.6) is 0 Å². The zero-order valence-corrected chi connectivity index (χ0v) is 11.4. The van der Waals surface area contributed by atoms with Gasteiger partial charge in [0.1, 0.15) is 5.82 Å². The lowest BCUT2D eigenvalue weighted by Crippen LogP contribution is -2.04. The first kappa shape index (κ1) is 12.9. The van der Waals surface area contributed by atoms with E-state index in [1.165, 1.54) is 23.9 Å². The van der Waals surface area contributed by atoms with Crippen molar-refractivity contribution in [3.63, 3.8) is 0 Å². The van der Waals surface area contributed by atoms with E-state index in [1.807, 2.05) is 30.3 Å². The number of rotatable bonds is 4. The van der Waals surface area contributed by atoms with Crippen LogP contribution in [0.3, 0.4) is 0 Å². The van der Waals surface area contributed by atoms with Crippen LogP contribution in [0.1, 0.15) is 10.4 Å². The smallest absolute Gasteiger partial charge is 0.176 e. The number of para-hydroxylation sites is 1. The number of carbonyl (C=O) groups excluding carboxylic acids is 1. The Hall–Kier alpha value is -2.07. The van der Waals surface area contributed by atoms with E-state index in [0.29, 0.717) is 0 Å². The highest BCUT2D eigenvalue weighted by Crippen LogP contribution is 2.24. The topological polar surface area (TPSA) is 32.9 Å². The lowest BCUT2D eigenvalue weighted by molar-refractivity contribution is 0.101. The monoisotopic (exact) mass is 285 g/mol. The van der Waals surface area contributed by atoms with Gasteiger partial charge in [-0.05, 0) is 24.3 Å². The van der Waals surface area contributed by atoms with Gasteiger partial charge in [0.05, 0.1) is 16.3 Å². The molecule has 1 heterocycles. The number of carbonyl (C=O) groups is 1. The molecular formula is C16H12FNOS. The van der Waals surface area contributed by atoms with Crippen molar-refractivity contribution in [1.29, 1.82) is 0 Å². The molecule has 0 radical (unpaired) electrons. The molecular weight excluding hydrogens is 273 g/mol. The Balaban J connectivity index is 1.73. The average Bonchev–Trinajstić information content (AvgIpc) is 2.88. The second-order valence-corrected chi connectivity index (χ2v) is 5.43. The van der Waals surface area contributed by atoms with Crippen LogP contribution in [0.4, 0.5) is 4.39 Å². The third-order valence-corrected chi connectivity index (χ3v) is 3.98. The summed E-state index contributed by atoms with van der Waals surface area (Å²) in [7, 11) is 0. The van der Waals surface area contributed by atoms with Crippen LogP contribution in [0.25, 0.3) is 10.9 Å². The van der Waals surface area contributed by atoms with Gasteiger partial charge in [-0.3, -0.25) is 4.79 Å². The molecule has 0 aliphatic heterocycles. The molecule has 0 bridgehead atoms. The van der Waals surface area contributed by atoms with Gasteiger partial charge in [-0.15, -0.1) is 11.8 Å². The number of H-pyrrole nitrogens is 1. The van der Waals surface area contributed by atoms with Gasteiger partial charge >= 0.3 is 0 Å². The Morgan fingerprint density at radius 3 is 2.65 bits per heavy atom. The fourth-order valence-electron chi connectivity index (χ4n) is 2.03. The van der Waals surface area contributed by atoms with Crippen LogP contribution >= 0.6 is 11.8 Å². The van der Waals surface area contributed by atoms with Gasteiger partial charge in [0.15, 0.2) is 5.78 Å². The number of thioether (sulfide) groups is 1. The van der Waals surface area contributed by atoms with Gasteiger partial charge in [-0.2, -0.15) is 0 Å². The van der Waals surface area contributed by atoms with Crippen molar-refractivity contribution in [2.75, 3.05) is 5.75 Å². The fraction of sp³-hybridized carbons (Fsp3) is 0.0625. The van der Waals surface area contributed by atoms with E-state index in [-0.39, 0.29) is 17.1 Å². The van der Waals surface area contributed by atoms with Crippen LogP contribution < -0.4 is 0 Å². The van der Waals surface area contributed by atoms with E-state index in [2.05, 4.69) is 4.98 Å². The molecule has 4 heteroatoms. The number of fused-ring (bicyclic) bond motifs is 1. The van der Waals surface area contributed by atoms with Crippen molar-refractivity contribution >= 4 is 28.4 Å². The first-order valence-corrected chi connectivity index (χ1v) is 7.21. The lowest BCUT2D eigenvalue weighted by atomic mass is 10.1. The Bertz CT molecular complexity index is 733. The number of hydrogen-bond acceptors (Lipinski definition) is 2. The van der Waals surface area contributed by atoms with E-state index in [4.69, 9.17) is 0 Å². The summed E-state index contributed by atoms with van der Waals surface area (Å²) in [6, 6.07) is 16.0. The maximum absolute atomic E-state index is 13.5. The van der Waals surface area contributed by atoms with Crippen molar-refractivity contribution in [1.82, 2.24) is 4.98 Å². The fourth-order valence-corrected chi connectivity index (χ4v) is 2.87. The Labute approximate surface area is 120 Å². The zero-order valence-electron chi connectivity index (χ0n) is 10.6. The Kier molecular flexibility index (Phi) is 3.56. The van der Waals surface area contributed by atoms with Crippen molar-refractivity contribution in [3.05, 3.63) is 66.0 Å². The first-order valence-electron chi connectivity index (χ1n) is 6.22. The largest absolute Gasteiger partial charge is 0.350 e. The highest BCUT2D eigenvalue weighted by atomic mass is 32.2. The summed E-state index contributed by atoms with van der Waals surface area (Å²) in [5.41, 5.74) is 1.18. The predicted octanol–water partition coefficient (Wildman–Crippen LogP) is 4.28. The number of halogens is 1. The number of Topliss-reactive ketones (excluding diaryl/α,β-unsaturated/α-hetero) is 1. The minimum absolute atomic E-state index is 0.149. The highest BCUT2D eigenvalue weighted by Gasteiger charge is 2.11. The van der Waals surface area contributed by atoms with Crippen molar-refractivity contribution in [2.24, 2.45) is 0 Å². The second kappa shape index (κ2) is 5.51. The van der Waals surface area contributed by atoms with Gasteiger partial charge in [0.25, 0.3) is 0 Å². The molecule has 0 unspecified atom stereocenters. The average molecular weight is 285 g/mol. The highest BCUT2D eigenvalue weighted by molar-refractivity contribution is 7.99. The molecule has 20 heavy (non-hydrogen) atoms. The minimum Gasteiger partial charge on any atom is -0.350 e. The predicted molar refractivity (Wildman–Crippen MR) is 79.8 cm³/mol. The molecule has 1 aromatic heterocycles. The molecule has 0 atom stereocenters. The summed E-state index contributed by atoms with van der Waals surface area (Å²) in [4.78, 5) is 15.2. The maximum Gasteiger partial charge on any atom is 0.176 e. The summed E-state index contributed by atoms with van der Waals surface area (Å²) < 4.78 is 13.5. The van der Waals surface area contributed by atoms with E-state index in [0.717, 1.165) is 15.9 Å². The summed E-state index contributed by atoms with van der Waals surface area (Å²) in [5.74, 6) is -0.449. The zero-order chi connectivity index (χ0) is 13.9. The molecule has 1 N–H and O–H groups in total. The molecule has 3 rings (SSSR count). The third-order valence-electron chi connectivity index (χ3n) is 3.04.